The summed E-state index contributed by atoms with van der Waals surface area (Å²) in [6.45, 7) is 1.79. The number of H-pyrrole nitrogens is 1. The van der Waals surface area contributed by atoms with Crippen LogP contribution in [0.5, 0.6) is 0 Å². The lowest BCUT2D eigenvalue weighted by Crippen LogP contribution is -2.14. The molecule has 1 aromatic heterocycles. The Morgan fingerprint density at radius 2 is 2.16 bits per heavy atom. The Hall–Kier alpha value is -2.20. The van der Waals surface area contributed by atoms with Crippen molar-refractivity contribution in [3.8, 4) is 0 Å². The molecule has 0 radical (unpaired) electrons. The highest BCUT2D eigenvalue weighted by Crippen LogP contribution is 2.25. The normalized spacial score (nSPS) is 13.2. The van der Waals surface area contributed by atoms with Gasteiger partial charge in [0.2, 0.25) is 10.0 Å². The molecule has 0 saturated carbocycles. The molecule has 0 fully saturated rings. The van der Waals surface area contributed by atoms with Crippen molar-refractivity contribution in [3.63, 3.8) is 0 Å². The second-order valence-corrected chi connectivity index (χ2v) is 5.49. The Kier molecular flexibility index (Phi) is 3.36. The fourth-order valence-corrected chi connectivity index (χ4v) is 2.03. The maximum absolute atomic E-state index is 11.3. The lowest BCUT2D eigenvalue weighted by atomic mass is 10.2. The highest BCUT2D eigenvalue weighted by molar-refractivity contribution is 7.89. The van der Waals surface area contributed by atoms with E-state index in [4.69, 9.17) is 10.9 Å². The first kappa shape index (κ1) is 13.2. The van der Waals surface area contributed by atoms with E-state index in [9.17, 15) is 8.42 Å². The predicted octanol–water partition coefficient (Wildman–Crippen LogP) is -0.398. The van der Waals surface area contributed by atoms with Gasteiger partial charge in [-0.25, -0.2) is 13.6 Å². The summed E-state index contributed by atoms with van der Waals surface area (Å²) >= 11 is 0. The second-order valence-electron chi connectivity index (χ2n) is 3.93. The van der Waals surface area contributed by atoms with Gasteiger partial charge in [-0.15, -0.1) is 10.2 Å². The van der Waals surface area contributed by atoms with Crippen molar-refractivity contribution in [2.45, 2.75) is 17.9 Å². The van der Waals surface area contributed by atoms with E-state index in [0.717, 1.165) is 0 Å². The van der Waals surface area contributed by atoms with E-state index in [1.165, 1.54) is 18.2 Å². The summed E-state index contributed by atoms with van der Waals surface area (Å²) in [5, 5.41) is 21.5. The maximum atomic E-state index is 11.3. The molecule has 102 valence electrons. The molecule has 1 unspecified atom stereocenters. The van der Waals surface area contributed by atoms with Crippen LogP contribution in [0.3, 0.4) is 0 Å². The number of benzene rings is 1. The van der Waals surface area contributed by atoms with Gasteiger partial charge in [-0.3, -0.25) is 0 Å². The molecule has 9 nitrogen and oxygen atoms in total. The number of sulfonamides is 1. The molecule has 10 heteroatoms. The average molecular weight is 283 g/mol. The van der Waals surface area contributed by atoms with Gasteiger partial charge in [0.25, 0.3) is 0 Å². The largest absolute Gasteiger partial charge is 0.397 e. The minimum absolute atomic E-state index is 0.0236. The molecule has 1 aromatic carbocycles. The smallest absolute Gasteiger partial charge is 0.238 e. The number of hydrogen-bond donors (Lipinski definition) is 4. The minimum atomic E-state index is -3.78. The first-order valence-electron chi connectivity index (χ1n) is 5.30. The first-order chi connectivity index (χ1) is 8.88. The summed E-state index contributed by atoms with van der Waals surface area (Å²) in [4.78, 5) is -0.0236. The zero-order valence-corrected chi connectivity index (χ0v) is 10.8. The number of rotatable bonds is 4. The van der Waals surface area contributed by atoms with Gasteiger partial charge in [-0.1, -0.05) is 5.21 Å². The fourth-order valence-electron chi connectivity index (χ4n) is 1.49. The molecule has 0 aliphatic heterocycles. The highest BCUT2D eigenvalue weighted by atomic mass is 32.2. The predicted molar refractivity (Wildman–Crippen MR) is 68.4 cm³/mol. The number of nitrogens with zero attached hydrogens (tertiary/aromatic N) is 3. The number of anilines is 2. The van der Waals surface area contributed by atoms with Crippen molar-refractivity contribution < 1.29 is 8.42 Å². The van der Waals surface area contributed by atoms with Crippen molar-refractivity contribution in [3.05, 3.63) is 24.0 Å². The van der Waals surface area contributed by atoms with Crippen molar-refractivity contribution in [2.75, 3.05) is 11.1 Å². The van der Waals surface area contributed by atoms with Crippen LogP contribution < -0.4 is 16.2 Å². The molecule has 2 aromatic rings. The molecule has 0 bridgehead atoms. The van der Waals surface area contributed by atoms with Gasteiger partial charge in [0.1, 0.15) is 0 Å². The lowest BCUT2D eigenvalue weighted by molar-refractivity contribution is 0.598. The SMILES string of the molecule is CC(Nc1cc(S(N)(=O)=O)ccc1N)c1nn[nH]n1. The van der Waals surface area contributed by atoms with Crippen LogP contribution in [0.2, 0.25) is 0 Å². The Balaban J connectivity index is 2.30. The number of nitrogens with one attached hydrogen (secondary N) is 2. The van der Waals surface area contributed by atoms with Crippen LogP contribution in [0, 0.1) is 0 Å². The van der Waals surface area contributed by atoms with Crippen LogP contribution in [0.1, 0.15) is 18.8 Å². The molecular weight excluding hydrogens is 270 g/mol. The van der Waals surface area contributed by atoms with Gasteiger partial charge in [0, 0.05) is 0 Å². The maximum Gasteiger partial charge on any atom is 0.238 e. The monoisotopic (exact) mass is 283 g/mol. The van der Waals surface area contributed by atoms with Crippen LogP contribution in [-0.4, -0.2) is 29.0 Å². The first-order valence-corrected chi connectivity index (χ1v) is 6.85. The van der Waals surface area contributed by atoms with Crippen molar-refractivity contribution in [1.82, 2.24) is 20.6 Å². The second kappa shape index (κ2) is 4.82. The molecule has 0 amide bonds. The summed E-state index contributed by atoms with van der Waals surface area (Å²) in [7, 11) is -3.78. The zero-order chi connectivity index (χ0) is 14.0. The number of nitrogens with two attached hydrogens (primary N) is 2. The third-order valence-electron chi connectivity index (χ3n) is 2.47. The molecule has 1 heterocycles. The number of primary sulfonamides is 1. The van der Waals surface area contributed by atoms with E-state index >= 15 is 0 Å². The molecule has 0 saturated heterocycles. The van der Waals surface area contributed by atoms with E-state index in [0.29, 0.717) is 17.2 Å². The van der Waals surface area contributed by atoms with Crippen LogP contribution in [0.15, 0.2) is 23.1 Å². The lowest BCUT2D eigenvalue weighted by Gasteiger charge is -2.14. The topological polar surface area (TPSA) is 153 Å². The molecule has 2 rings (SSSR count). The summed E-state index contributed by atoms with van der Waals surface area (Å²) in [5.74, 6) is 0.431. The summed E-state index contributed by atoms with van der Waals surface area (Å²) in [5.41, 5.74) is 6.60. The molecule has 0 aliphatic carbocycles. The van der Waals surface area contributed by atoms with E-state index in [-0.39, 0.29) is 10.9 Å². The van der Waals surface area contributed by atoms with E-state index in [2.05, 4.69) is 25.9 Å². The summed E-state index contributed by atoms with van der Waals surface area (Å²) in [6, 6.07) is 3.87. The molecule has 0 aliphatic rings. The van der Waals surface area contributed by atoms with Gasteiger partial charge in [-0.05, 0) is 25.1 Å². The van der Waals surface area contributed by atoms with Crippen LogP contribution >= 0.6 is 0 Å². The van der Waals surface area contributed by atoms with Gasteiger partial charge < -0.3 is 11.1 Å². The number of hydrogen-bond acceptors (Lipinski definition) is 7. The summed E-state index contributed by atoms with van der Waals surface area (Å²) in [6.07, 6.45) is 0. The minimum Gasteiger partial charge on any atom is -0.397 e. The third kappa shape index (κ3) is 2.98. The number of nitrogen functional groups attached to an aromatic ring is 1. The van der Waals surface area contributed by atoms with E-state index in [1.807, 2.05) is 0 Å². The zero-order valence-electron chi connectivity index (χ0n) is 10.0. The number of tetrazole rings is 1. The molecule has 1 atom stereocenters. The van der Waals surface area contributed by atoms with Gasteiger partial charge >= 0.3 is 0 Å². The number of aromatic amines is 1. The average Bonchev–Trinajstić information content (AvgIpc) is 2.84. The Labute approximate surface area is 109 Å². The molecule has 6 N–H and O–H groups in total. The van der Waals surface area contributed by atoms with Crippen LogP contribution in [0.25, 0.3) is 0 Å². The molecular formula is C9H13N7O2S. The highest BCUT2D eigenvalue weighted by Gasteiger charge is 2.14. The van der Waals surface area contributed by atoms with Crippen LogP contribution in [-0.2, 0) is 10.0 Å². The van der Waals surface area contributed by atoms with Gasteiger partial charge in [-0.2, -0.15) is 5.21 Å². The molecule has 0 spiro atoms. The third-order valence-corrected chi connectivity index (χ3v) is 3.39. The quantitative estimate of drug-likeness (QED) is 0.557. The van der Waals surface area contributed by atoms with Crippen LogP contribution in [0.4, 0.5) is 11.4 Å². The van der Waals surface area contributed by atoms with Crippen molar-refractivity contribution in [1.29, 1.82) is 0 Å². The van der Waals surface area contributed by atoms with E-state index < -0.39 is 10.0 Å². The fraction of sp³-hybridized carbons (Fsp3) is 0.222. The van der Waals surface area contributed by atoms with Gasteiger partial charge in [0.15, 0.2) is 5.82 Å². The molecule has 19 heavy (non-hydrogen) atoms. The summed E-state index contributed by atoms with van der Waals surface area (Å²) < 4.78 is 22.6. The Morgan fingerprint density at radius 1 is 1.42 bits per heavy atom. The Bertz CT molecular complexity index is 668. The van der Waals surface area contributed by atoms with E-state index in [1.54, 1.807) is 6.92 Å². The van der Waals surface area contributed by atoms with Crippen molar-refractivity contribution >= 4 is 21.4 Å². The number of aromatic nitrogens is 4. The van der Waals surface area contributed by atoms with Crippen molar-refractivity contribution in [2.24, 2.45) is 5.14 Å². The standard InChI is InChI=1S/C9H13N7O2S/c1-5(9-13-15-16-14-9)12-8-4-6(19(11,17)18)2-3-7(8)10/h2-5,12H,10H2,1H3,(H2,11,17,18)(H,13,14,15,16). The Morgan fingerprint density at radius 3 is 2.74 bits per heavy atom. The van der Waals surface area contributed by atoms with Gasteiger partial charge in [0.05, 0.1) is 22.3 Å².